The van der Waals surface area contributed by atoms with E-state index in [4.69, 9.17) is 13.7 Å². The molecule has 0 aliphatic carbocycles. The summed E-state index contributed by atoms with van der Waals surface area (Å²) in [6, 6.07) is 12.3. The number of thiophene rings is 1. The molecule has 0 spiro atoms. The van der Waals surface area contributed by atoms with Crippen LogP contribution >= 0.6 is 11.3 Å². The highest BCUT2D eigenvalue weighted by Gasteiger charge is 2.52. The van der Waals surface area contributed by atoms with Crippen LogP contribution in [0.4, 0.5) is 0 Å². The van der Waals surface area contributed by atoms with Crippen molar-refractivity contribution < 1.29 is 13.7 Å². The average Bonchev–Trinajstić information content (AvgIpc) is 3.17. The van der Waals surface area contributed by atoms with Crippen molar-refractivity contribution in [1.82, 2.24) is 0 Å². The van der Waals surface area contributed by atoms with Crippen molar-refractivity contribution in [2.75, 3.05) is 0 Å². The van der Waals surface area contributed by atoms with Crippen LogP contribution in [0, 0.1) is 0 Å². The fourth-order valence-corrected chi connectivity index (χ4v) is 3.46. The van der Waals surface area contributed by atoms with Crippen molar-refractivity contribution in [3.63, 3.8) is 0 Å². The van der Waals surface area contributed by atoms with E-state index in [2.05, 4.69) is 51.3 Å². The molecule has 0 amide bonds. The van der Waals surface area contributed by atoms with Gasteiger partial charge in [0, 0.05) is 10.8 Å². The van der Waals surface area contributed by atoms with Gasteiger partial charge in [0.1, 0.15) is 11.3 Å². The fourth-order valence-electron chi connectivity index (χ4n) is 2.78. The van der Waals surface area contributed by atoms with Gasteiger partial charge in [-0.1, -0.05) is 24.3 Å². The molecule has 0 bridgehead atoms. The van der Waals surface area contributed by atoms with Gasteiger partial charge in [-0.3, -0.25) is 0 Å². The van der Waals surface area contributed by atoms with Gasteiger partial charge in [-0.05, 0) is 45.2 Å². The third-order valence-corrected chi connectivity index (χ3v) is 5.73. The Kier molecular flexibility index (Phi) is 3.24. The lowest BCUT2D eigenvalue weighted by Crippen LogP contribution is -2.41. The summed E-state index contributed by atoms with van der Waals surface area (Å²) in [6.07, 6.45) is 0. The van der Waals surface area contributed by atoms with Crippen molar-refractivity contribution in [2.24, 2.45) is 0 Å². The first-order valence-corrected chi connectivity index (χ1v) is 8.67. The van der Waals surface area contributed by atoms with E-state index in [9.17, 15) is 0 Å². The minimum absolute atomic E-state index is 0.358. The minimum atomic E-state index is -0.411. The minimum Gasteiger partial charge on any atom is -0.456 e. The van der Waals surface area contributed by atoms with E-state index in [-0.39, 0.29) is 11.2 Å². The van der Waals surface area contributed by atoms with Crippen LogP contribution in [0.5, 0.6) is 0 Å². The Balaban J connectivity index is 1.80. The van der Waals surface area contributed by atoms with Gasteiger partial charge in [0.05, 0.1) is 16.1 Å². The average molecular weight is 326 g/mol. The first kappa shape index (κ1) is 15.0. The maximum atomic E-state index is 6.18. The lowest BCUT2D eigenvalue weighted by molar-refractivity contribution is 0.00578. The van der Waals surface area contributed by atoms with Crippen LogP contribution in [0.2, 0.25) is 0 Å². The maximum absolute atomic E-state index is 6.18. The van der Waals surface area contributed by atoms with Gasteiger partial charge in [0.2, 0.25) is 0 Å². The van der Waals surface area contributed by atoms with E-state index in [0.717, 1.165) is 27.1 Å². The van der Waals surface area contributed by atoms with Crippen LogP contribution in [-0.4, -0.2) is 18.3 Å². The lowest BCUT2D eigenvalue weighted by Gasteiger charge is -2.32. The quantitative estimate of drug-likeness (QED) is 0.652. The van der Waals surface area contributed by atoms with Gasteiger partial charge in [0.15, 0.2) is 0 Å². The largest absolute Gasteiger partial charge is 0.498 e. The molecule has 23 heavy (non-hydrogen) atoms. The van der Waals surface area contributed by atoms with Crippen molar-refractivity contribution >= 4 is 34.9 Å². The zero-order chi connectivity index (χ0) is 16.2. The van der Waals surface area contributed by atoms with Crippen LogP contribution in [0.25, 0.3) is 21.6 Å². The highest BCUT2D eigenvalue weighted by Crippen LogP contribution is 2.37. The second kappa shape index (κ2) is 4.97. The smallest absolute Gasteiger partial charge is 0.456 e. The first-order chi connectivity index (χ1) is 10.9. The van der Waals surface area contributed by atoms with Crippen molar-refractivity contribution in [1.29, 1.82) is 0 Å². The maximum Gasteiger partial charge on any atom is 0.498 e. The van der Waals surface area contributed by atoms with Crippen LogP contribution in [0.1, 0.15) is 27.7 Å². The molecule has 0 atom stereocenters. The van der Waals surface area contributed by atoms with Crippen LogP contribution in [-0.2, 0) is 9.31 Å². The van der Waals surface area contributed by atoms with Gasteiger partial charge in [-0.15, -0.1) is 11.3 Å². The molecule has 3 heterocycles. The number of hydrogen-bond acceptors (Lipinski definition) is 4. The highest BCUT2D eigenvalue weighted by atomic mass is 32.1. The number of benzene rings is 1. The number of fused-ring (bicyclic) bond motifs is 1. The van der Waals surface area contributed by atoms with Crippen LogP contribution in [0.15, 0.2) is 46.2 Å². The van der Waals surface area contributed by atoms with E-state index in [1.54, 1.807) is 11.3 Å². The molecule has 1 aliphatic rings. The third kappa shape index (κ3) is 2.35. The van der Waals surface area contributed by atoms with E-state index < -0.39 is 7.12 Å². The molecule has 0 N–H and O–H groups in total. The summed E-state index contributed by atoms with van der Waals surface area (Å²) >= 11 is 1.67. The molecule has 1 aromatic carbocycles. The monoisotopic (exact) mass is 326 g/mol. The molecule has 1 aliphatic heterocycles. The van der Waals surface area contributed by atoms with Gasteiger partial charge >= 0.3 is 7.12 Å². The zero-order valence-corrected chi connectivity index (χ0v) is 14.6. The Morgan fingerprint density at radius 2 is 1.70 bits per heavy atom. The van der Waals surface area contributed by atoms with E-state index in [0.29, 0.717) is 0 Å². The number of hydrogen-bond donors (Lipinski definition) is 0. The van der Waals surface area contributed by atoms with Crippen LogP contribution < -0.4 is 5.46 Å². The number of rotatable bonds is 2. The summed E-state index contributed by atoms with van der Waals surface area (Å²) in [6.45, 7) is 8.25. The Morgan fingerprint density at radius 1 is 0.957 bits per heavy atom. The summed E-state index contributed by atoms with van der Waals surface area (Å²) in [5, 5.41) is 3.12. The predicted molar refractivity (Wildman–Crippen MR) is 95.2 cm³/mol. The number of furan rings is 1. The molecule has 0 radical (unpaired) electrons. The molecule has 0 unspecified atom stereocenters. The molecule has 3 aromatic rings. The standard InChI is InChI=1S/C18H19BO3S/c1-17(2)18(3,4)22-19(21-17)13-8-5-7-12-11-14(20-16(12)13)15-9-6-10-23-15/h5-11H,1-4H3. The van der Waals surface area contributed by atoms with E-state index in [1.807, 2.05) is 18.2 Å². The van der Waals surface area contributed by atoms with Gasteiger partial charge in [0.25, 0.3) is 0 Å². The Morgan fingerprint density at radius 3 is 2.35 bits per heavy atom. The fraction of sp³-hybridized carbons (Fsp3) is 0.333. The van der Waals surface area contributed by atoms with Crippen LogP contribution in [0.3, 0.4) is 0 Å². The van der Waals surface area contributed by atoms with Gasteiger partial charge in [-0.25, -0.2) is 0 Å². The molecular weight excluding hydrogens is 307 g/mol. The Labute approximate surface area is 140 Å². The highest BCUT2D eigenvalue weighted by molar-refractivity contribution is 7.13. The summed E-state index contributed by atoms with van der Waals surface area (Å²) in [4.78, 5) is 1.13. The van der Waals surface area contributed by atoms with Gasteiger partial charge < -0.3 is 13.7 Å². The molecule has 1 fully saturated rings. The molecule has 118 valence electrons. The molecule has 0 saturated carbocycles. The normalized spacial score (nSPS) is 19.6. The molecule has 5 heteroatoms. The molecule has 2 aromatic heterocycles. The third-order valence-electron chi connectivity index (χ3n) is 4.85. The predicted octanol–water partition coefficient (Wildman–Crippen LogP) is 4.46. The molecule has 1 saturated heterocycles. The number of para-hydroxylation sites is 1. The summed E-state index contributed by atoms with van der Waals surface area (Å²) < 4.78 is 18.5. The Hall–Kier alpha value is -1.56. The summed E-state index contributed by atoms with van der Waals surface area (Å²) in [5.41, 5.74) is 1.07. The molecular formula is C18H19BO3S. The topological polar surface area (TPSA) is 31.6 Å². The second-order valence-corrected chi connectivity index (χ2v) is 7.89. The molecule has 4 rings (SSSR count). The van der Waals surface area contributed by atoms with Crippen molar-refractivity contribution in [2.45, 2.75) is 38.9 Å². The first-order valence-electron chi connectivity index (χ1n) is 7.79. The van der Waals surface area contributed by atoms with Gasteiger partial charge in [-0.2, -0.15) is 0 Å². The zero-order valence-electron chi connectivity index (χ0n) is 13.8. The summed E-state index contributed by atoms with van der Waals surface area (Å²) in [5.74, 6) is 0.888. The van der Waals surface area contributed by atoms with E-state index in [1.165, 1.54) is 0 Å². The molecule has 3 nitrogen and oxygen atoms in total. The SMILES string of the molecule is CC1(C)OB(c2cccc3cc(-c4cccs4)oc23)OC1(C)C. The summed E-state index contributed by atoms with van der Waals surface area (Å²) in [7, 11) is -0.411. The van der Waals surface area contributed by atoms with E-state index >= 15 is 0 Å². The van der Waals surface area contributed by atoms with Crippen molar-refractivity contribution in [3.05, 3.63) is 41.8 Å². The van der Waals surface area contributed by atoms with Crippen molar-refractivity contribution in [3.8, 4) is 10.6 Å². The lowest BCUT2D eigenvalue weighted by atomic mass is 9.78. The Bertz CT molecular complexity index is 832. The second-order valence-electron chi connectivity index (χ2n) is 6.94.